The van der Waals surface area contributed by atoms with Crippen molar-refractivity contribution in [1.29, 1.82) is 0 Å². The van der Waals surface area contributed by atoms with E-state index in [1.165, 1.54) is 18.4 Å². The number of amides is 2. The summed E-state index contributed by atoms with van der Waals surface area (Å²) in [7, 11) is 1.46. The van der Waals surface area contributed by atoms with Gasteiger partial charge < -0.3 is 14.2 Å². The molecule has 1 aliphatic rings. The van der Waals surface area contributed by atoms with E-state index in [4.69, 9.17) is 14.2 Å². The van der Waals surface area contributed by atoms with Crippen LogP contribution in [-0.2, 0) is 4.79 Å². The molecule has 0 atom stereocenters. The van der Waals surface area contributed by atoms with Crippen LogP contribution in [0, 0.1) is 0 Å². The third-order valence-corrected chi connectivity index (χ3v) is 6.37. The van der Waals surface area contributed by atoms with Crippen LogP contribution >= 0.6 is 23.1 Å². The lowest BCUT2D eigenvalue weighted by atomic mass is 10.2. The van der Waals surface area contributed by atoms with Gasteiger partial charge in [0, 0.05) is 0 Å². The zero-order chi connectivity index (χ0) is 23.2. The molecule has 0 spiro atoms. The van der Waals surface area contributed by atoms with E-state index < -0.39 is 5.97 Å². The van der Waals surface area contributed by atoms with Crippen LogP contribution in [0.3, 0.4) is 0 Å². The first-order valence-electron chi connectivity index (χ1n) is 9.92. The van der Waals surface area contributed by atoms with Crippen LogP contribution in [0.2, 0.25) is 0 Å². The van der Waals surface area contributed by atoms with E-state index in [1.54, 1.807) is 41.8 Å². The first-order valence-corrected chi connectivity index (χ1v) is 11.6. The molecule has 3 aromatic rings. The smallest absolute Gasteiger partial charge is 0.353 e. The molecule has 0 unspecified atom stereocenters. The van der Waals surface area contributed by atoms with Crippen molar-refractivity contribution in [1.82, 2.24) is 4.90 Å². The molecule has 0 N–H and O–H groups in total. The summed E-state index contributed by atoms with van der Waals surface area (Å²) in [6.07, 6.45) is 1.61. The van der Waals surface area contributed by atoms with Crippen molar-refractivity contribution in [3.05, 3.63) is 81.4 Å². The minimum atomic E-state index is -0.477. The molecule has 2 heterocycles. The third kappa shape index (κ3) is 5.44. The summed E-state index contributed by atoms with van der Waals surface area (Å²) < 4.78 is 16.4. The van der Waals surface area contributed by atoms with Gasteiger partial charge in [-0.25, -0.2) is 4.79 Å². The lowest BCUT2D eigenvalue weighted by Crippen LogP contribution is -2.32. The third-order valence-electron chi connectivity index (χ3n) is 4.61. The fourth-order valence-corrected chi connectivity index (χ4v) is 4.48. The first kappa shape index (κ1) is 22.6. The van der Waals surface area contributed by atoms with Crippen molar-refractivity contribution in [2.75, 3.05) is 20.3 Å². The molecule has 2 amide bonds. The van der Waals surface area contributed by atoms with Crippen LogP contribution in [0.1, 0.15) is 15.2 Å². The largest absolute Gasteiger partial charge is 0.493 e. The van der Waals surface area contributed by atoms with Gasteiger partial charge in [0.15, 0.2) is 11.5 Å². The summed E-state index contributed by atoms with van der Waals surface area (Å²) in [5.74, 6) is 0.416. The van der Waals surface area contributed by atoms with E-state index >= 15 is 0 Å². The zero-order valence-corrected chi connectivity index (χ0v) is 19.2. The Morgan fingerprint density at radius 2 is 1.85 bits per heavy atom. The van der Waals surface area contributed by atoms with Crippen LogP contribution in [0.4, 0.5) is 4.79 Å². The quantitative estimate of drug-likeness (QED) is 0.252. The molecule has 9 heteroatoms. The molecular formula is C24H19NO6S2. The summed E-state index contributed by atoms with van der Waals surface area (Å²) in [6, 6.07) is 17.6. The molecule has 4 rings (SSSR count). The van der Waals surface area contributed by atoms with E-state index in [-0.39, 0.29) is 30.0 Å². The van der Waals surface area contributed by atoms with E-state index in [0.717, 1.165) is 16.7 Å². The maximum atomic E-state index is 12.7. The number of ether oxygens (including phenoxy) is 3. The molecular weight excluding hydrogens is 462 g/mol. The molecule has 1 saturated heterocycles. The Morgan fingerprint density at radius 3 is 2.58 bits per heavy atom. The van der Waals surface area contributed by atoms with Gasteiger partial charge in [0.05, 0.1) is 18.6 Å². The average molecular weight is 482 g/mol. The highest BCUT2D eigenvalue weighted by Gasteiger charge is 2.34. The van der Waals surface area contributed by atoms with Gasteiger partial charge in [-0.2, -0.15) is 0 Å². The SMILES string of the molecule is COc1cc(/C=C2\SC(=O)N(CCOc3ccccc3)C2=O)ccc1OC(=O)c1cccs1. The standard InChI is InChI=1S/C24H19NO6S2/c1-29-19-14-16(9-10-18(19)31-23(27)20-8-5-13-32-20)15-21-22(26)25(24(28)33-21)11-12-30-17-6-3-2-4-7-17/h2-10,13-15H,11-12H2,1H3/b21-15-. The number of thiophene rings is 1. The van der Waals surface area contributed by atoms with E-state index in [0.29, 0.717) is 26.8 Å². The Labute approximate surface area is 198 Å². The number of carbonyl (C=O) groups excluding carboxylic acids is 3. The van der Waals surface area contributed by atoms with Gasteiger partial charge in [-0.15, -0.1) is 11.3 Å². The first-order chi connectivity index (χ1) is 16.0. The monoisotopic (exact) mass is 481 g/mol. The molecule has 2 aromatic carbocycles. The number of hydrogen-bond donors (Lipinski definition) is 0. The Hall–Kier alpha value is -3.56. The normalized spacial score (nSPS) is 14.6. The molecule has 0 saturated carbocycles. The van der Waals surface area contributed by atoms with E-state index in [2.05, 4.69) is 0 Å². The highest BCUT2D eigenvalue weighted by Crippen LogP contribution is 2.34. The number of esters is 1. The number of para-hydroxylation sites is 1. The van der Waals surface area contributed by atoms with E-state index in [1.807, 2.05) is 30.3 Å². The van der Waals surface area contributed by atoms with Gasteiger partial charge in [0.25, 0.3) is 11.1 Å². The highest BCUT2D eigenvalue weighted by atomic mass is 32.2. The molecule has 1 fully saturated rings. The predicted molar refractivity (Wildman–Crippen MR) is 127 cm³/mol. The maximum absolute atomic E-state index is 12.7. The van der Waals surface area contributed by atoms with Crippen LogP contribution < -0.4 is 14.2 Å². The number of rotatable bonds is 8. The molecule has 0 radical (unpaired) electrons. The van der Waals surface area contributed by atoms with Crippen molar-refractivity contribution >= 4 is 46.3 Å². The van der Waals surface area contributed by atoms with Gasteiger partial charge in [-0.3, -0.25) is 14.5 Å². The molecule has 1 aliphatic heterocycles. The molecule has 1 aromatic heterocycles. The number of hydrogen-bond acceptors (Lipinski definition) is 8. The number of thioether (sulfide) groups is 1. The van der Waals surface area contributed by atoms with E-state index in [9.17, 15) is 14.4 Å². The Kier molecular flexibility index (Phi) is 7.11. The summed E-state index contributed by atoms with van der Waals surface area (Å²) in [6.45, 7) is 0.352. The van der Waals surface area contributed by atoms with Crippen LogP contribution in [0.25, 0.3) is 6.08 Å². The second kappa shape index (κ2) is 10.4. The summed E-state index contributed by atoms with van der Waals surface area (Å²) in [4.78, 5) is 39.2. The van der Waals surface area contributed by atoms with Crippen molar-refractivity contribution in [2.45, 2.75) is 0 Å². The highest BCUT2D eigenvalue weighted by molar-refractivity contribution is 8.18. The van der Waals surface area contributed by atoms with Gasteiger partial charge in [-0.05, 0) is 59.1 Å². The molecule has 168 valence electrons. The Morgan fingerprint density at radius 1 is 1.03 bits per heavy atom. The minimum absolute atomic E-state index is 0.151. The zero-order valence-electron chi connectivity index (χ0n) is 17.6. The fraction of sp³-hybridized carbons (Fsp3) is 0.125. The average Bonchev–Trinajstić information content (AvgIpc) is 3.45. The molecule has 0 aliphatic carbocycles. The van der Waals surface area contributed by atoms with Gasteiger partial charge in [0.1, 0.15) is 17.2 Å². The fourth-order valence-electron chi connectivity index (χ4n) is 3.02. The molecule has 0 bridgehead atoms. The number of methoxy groups -OCH3 is 1. The van der Waals surface area contributed by atoms with Crippen molar-refractivity contribution in [3.63, 3.8) is 0 Å². The maximum Gasteiger partial charge on any atom is 0.353 e. The van der Waals surface area contributed by atoms with Gasteiger partial charge in [-0.1, -0.05) is 30.3 Å². The summed E-state index contributed by atoms with van der Waals surface area (Å²) in [5.41, 5.74) is 0.633. The van der Waals surface area contributed by atoms with Crippen molar-refractivity contribution in [3.8, 4) is 17.2 Å². The Bertz CT molecular complexity index is 1190. The van der Waals surface area contributed by atoms with Gasteiger partial charge >= 0.3 is 5.97 Å². The number of imide groups is 1. The second-order valence-corrected chi connectivity index (χ2v) is 8.71. The Balaban J connectivity index is 1.42. The minimum Gasteiger partial charge on any atom is -0.493 e. The van der Waals surface area contributed by atoms with Crippen LogP contribution in [0.5, 0.6) is 17.2 Å². The predicted octanol–water partition coefficient (Wildman–Crippen LogP) is 5.09. The summed E-state index contributed by atoms with van der Waals surface area (Å²) >= 11 is 2.15. The number of benzene rings is 2. The van der Waals surface area contributed by atoms with Crippen molar-refractivity contribution < 1.29 is 28.6 Å². The lowest BCUT2D eigenvalue weighted by molar-refractivity contribution is -0.123. The van der Waals surface area contributed by atoms with Crippen LogP contribution in [-0.4, -0.2) is 42.3 Å². The van der Waals surface area contributed by atoms with Crippen LogP contribution in [0.15, 0.2) is 70.9 Å². The van der Waals surface area contributed by atoms with Crippen molar-refractivity contribution in [2.24, 2.45) is 0 Å². The lowest BCUT2D eigenvalue weighted by Gasteiger charge is -2.13. The second-order valence-electron chi connectivity index (χ2n) is 6.77. The van der Waals surface area contributed by atoms with Gasteiger partial charge in [0.2, 0.25) is 0 Å². The topological polar surface area (TPSA) is 82.1 Å². The molecule has 7 nitrogen and oxygen atoms in total. The summed E-state index contributed by atoms with van der Waals surface area (Å²) in [5, 5.41) is 1.44. The number of nitrogens with zero attached hydrogens (tertiary/aromatic N) is 1. The number of carbonyl (C=O) groups is 3. The molecule has 33 heavy (non-hydrogen) atoms.